The monoisotopic (exact) mass is 474 g/mol. The maximum atomic E-state index is 12.7. The van der Waals surface area contributed by atoms with Crippen LogP contribution in [0.15, 0.2) is 42.5 Å². The van der Waals surface area contributed by atoms with Crippen LogP contribution in [0.5, 0.6) is 0 Å². The second-order valence-electron chi connectivity index (χ2n) is 5.94. The summed E-state index contributed by atoms with van der Waals surface area (Å²) >= 11 is 5.65. The van der Waals surface area contributed by atoms with Crippen LogP contribution in [0.1, 0.15) is 5.56 Å². The zero-order valence-electron chi connectivity index (χ0n) is 15.7. The summed E-state index contributed by atoms with van der Waals surface area (Å²) in [4.78, 5) is 45.2. The summed E-state index contributed by atoms with van der Waals surface area (Å²) in [5.41, 5.74) is 2.36. The Morgan fingerprint density at radius 1 is 0.969 bits per heavy atom. The second kappa shape index (κ2) is 10.3. The molecule has 0 atom stereocenters. The van der Waals surface area contributed by atoms with E-state index in [0.29, 0.717) is 6.07 Å². The van der Waals surface area contributed by atoms with Gasteiger partial charge in [0.25, 0.3) is 11.6 Å². The van der Waals surface area contributed by atoms with Gasteiger partial charge in [0.05, 0.1) is 10.5 Å². The number of urea groups is 2. The van der Waals surface area contributed by atoms with Gasteiger partial charge in [-0.15, -0.1) is 0 Å². The first kappa shape index (κ1) is 24.2. The van der Waals surface area contributed by atoms with Crippen LogP contribution >= 0.6 is 11.6 Å². The average molecular weight is 475 g/mol. The molecule has 0 heterocycles. The molecule has 0 aliphatic heterocycles. The summed E-state index contributed by atoms with van der Waals surface area (Å²) in [5, 5.41) is 17.1. The minimum absolute atomic E-state index is 0.0199. The van der Waals surface area contributed by atoms with E-state index in [4.69, 9.17) is 11.6 Å². The molecule has 0 bridgehead atoms. The van der Waals surface area contributed by atoms with Crippen molar-refractivity contribution in [2.45, 2.75) is 6.18 Å². The number of carbonyl (C=O) groups is 3. The number of nitrogens with zero attached hydrogens (tertiary/aromatic N) is 1. The average Bonchev–Trinajstić information content (AvgIpc) is 2.71. The van der Waals surface area contributed by atoms with E-state index >= 15 is 0 Å². The molecule has 0 aliphatic rings. The van der Waals surface area contributed by atoms with Crippen LogP contribution in [-0.4, -0.2) is 29.4 Å². The molecular formula is C17H14ClF3N6O5. The Bertz CT molecular complexity index is 1050. The molecule has 0 aromatic heterocycles. The van der Waals surface area contributed by atoms with E-state index in [1.807, 2.05) is 10.9 Å². The van der Waals surface area contributed by atoms with Crippen molar-refractivity contribution < 1.29 is 32.5 Å². The number of anilines is 2. The number of hydrazine groups is 1. The fourth-order valence-electron chi connectivity index (χ4n) is 2.17. The van der Waals surface area contributed by atoms with E-state index in [1.54, 1.807) is 0 Å². The number of rotatable bonds is 5. The molecule has 5 N–H and O–H groups in total. The zero-order valence-corrected chi connectivity index (χ0v) is 16.5. The SMILES string of the molecule is O=C(CNC(=O)Nc1cccc(C(F)(F)F)c1)NNC(=O)Nc1ccc(Cl)c([N+](=O)[O-])c1. The third-order valence-corrected chi connectivity index (χ3v) is 3.89. The summed E-state index contributed by atoms with van der Waals surface area (Å²) in [6, 6.07) is 5.44. The fourth-order valence-corrected chi connectivity index (χ4v) is 2.36. The van der Waals surface area contributed by atoms with Crippen molar-refractivity contribution in [2.24, 2.45) is 0 Å². The Morgan fingerprint density at radius 2 is 1.62 bits per heavy atom. The highest BCUT2D eigenvalue weighted by Crippen LogP contribution is 2.30. The van der Waals surface area contributed by atoms with Gasteiger partial charge in [0.15, 0.2) is 0 Å². The highest BCUT2D eigenvalue weighted by molar-refractivity contribution is 6.32. The lowest BCUT2D eigenvalue weighted by Gasteiger charge is -2.11. The smallest absolute Gasteiger partial charge is 0.329 e. The van der Waals surface area contributed by atoms with Gasteiger partial charge in [-0.1, -0.05) is 17.7 Å². The van der Waals surface area contributed by atoms with Crippen LogP contribution in [0.2, 0.25) is 5.02 Å². The molecule has 0 unspecified atom stereocenters. The highest BCUT2D eigenvalue weighted by Gasteiger charge is 2.30. The molecule has 2 aromatic carbocycles. The van der Waals surface area contributed by atoms with Crippen molar-refractivity contribution in [1.29, 1.82) is 0 Å². The predicted molar refractivity (Wildman–Crippen MR) is 107 cm³/mol. The lowest BCUT2D eigenvalue weighted by atomic mass is 10.2. The Morgan fingerprint density at radius 3 is 2.28 bits per heavy atom. The first-order valence-electron chi connectivity index (χ1n) is 8.47. The van der Waals surface area contributed by atoms with Crippen LogP contribution < -0.4 is 26.8 Å². The topological polar surface area (TPSA) is 155 Å². The molecule has 5 amide bonds. The summed E-state index contributed by atoms with van der Waals surface area (Å²) in [5.74, 6) is -0.874. The Labute approximate surface area is 182 Å². The number of nitro benzene ring substituents is 1. The number of nitro groups is 1. The molecular weight excluding hydrogens is 461 g/mol. The van der Waals surface area contributed by atoms with Crippen molar-refractivity contribution >= 4 is 46.6 Å². The summed E-state index contributed by atoms with van der Waals surface area (Å²) in [6.07, 6.45) is -4.59. The van der Waals surface area contributed by atoms with E-state index in [9.17, 15) is 37.7 Å². The first-order valence-corrected chi connectivity index (χ1v) is 8.85. The van der Waals surface area contributed by atoms with Gasteiger partial charge in [-0.05, 0) is 30.3 Å². The molecule has 170 valence electrons. The molecule has 32 heavy (non-hydrogen) atoms. The summed E-state index contributed by atoms with van der Waals surface area (Å²) in [7, 11) is 0. The van der Waals surface area contributed by atoms with E-state index in [-0.39, 0.29) is 16.4 Å². The Balaban J connectivity index is 1.77. The normalized spacial score (nSPS) is 10.6. The fraction of sp³-hybridized carbons (Fsp3) is 0.118. The molecule has 2 aromatic rings. The predicted octanol–water partition coefficient (Wildman–Crippen LogP) is 3.24. The standard InChI is InChI=1S/C17H14ClF3N6O5/c18-12-5-4-11(7-13(12)27(31)32)24-16(30)26-25-14(28)8-22-15(29)23-10-3-1-2-9(6-10)17(19,20)21/h1-7H,8H2,(H,25,28)(H2,22,23,29)(H2,24,26,30). The maximum Gasteiger partial charge on any atom is 0.416 e. The van der Waals surface area contributed by atoms with Crippen molar-refractivity contribution in [3.05, 3.63) is 63.2 Å². The first-order chi connectivity index (χ1) is 15.0. The van der Waals surface area contributed by atoms with Gasteiger partial charge < -0.3 is 16.0 Å². The third-order valence-electron chi connectivity index (χ3n) is 3.57. The van der Waals surface area contributed by atoms with Gasteiger partial charge in [-0.2, -0.15) is 13.2 Å². The van der Waals surface area contributed by atoms with Crippen molar-refractivity contribution in [1.82, 2.24) is 16.2 Å². The lowest BCUT2D eigenvalue weighted by molar-refractivity contribution is -0.384. The number of nitrogens with one attached hydrogen (secondary N) is 5. The molecule has 2 rings (SSSR count). The molecule has 0 radical (unpaired) electrons. The van der Waals surface area contributed by atoms with Gasteiger partial charge in [0.1, 0.15) is 11.6 Å². The quantitative estimate of drug-likeness (QED) is 0.332. The van der Waals surface area contributed by atoms with Crippen molar-refractivity contribution in [3.63, 3.8) is 0 Å². The van der Waals surface area contributed by atoms with Gasteiger partial charge in [-0.25, -0.2) is 15.0 Å². The van der Waals surface area contributed by atoms with Crippen LogP contribution in [0.25, 0.3) is 0 Å². The van der Waals surface area contributed by atoms with Gasteiger partial charge in [0.2, 0.25) is 0 Å². The summed E-state index contributed by atoms with van der Waals surface area (Å²) in [6.45, 7) is -0.627. The van der Waals surface area contributed by atoms with Crippen LogP contribution in [0.3, 0.4) is 0 Å². The van der Waals surface area contributed by atoms with Crippen molar-refractivity contribution in [2.75, 3.05) is 17.2 Å². The van der Waals surface area contributed by atoms with E-state index in [0.717, 1.165) is 18.2 Å². The van der Waals surface area contributed by atoms with Gasteiger partial charge in [-0.3, -0.25) is 20.3 Å². The number of amides is 5. The summed E-state index contributed by atoms with van der Waals surface area (Å²) < 4.78 is 38.0. The van der Waals surface area contributed by atoms with E-state index < -0.39 is 46.9 Å². The van der Waals surface area contributed by atoms with Gasteiger partial charge >= 0.3 is 18.2 Å². The number of hydrogen-bond acceptors (Lipinski definition) is 5. The molecule has 0 spiro atoms. The second-order valence-corrected chi connectivity index (χ2v) is 6.34. The molecule has 15 heteroatoms. The largest absolute Gasteiger partial charge is 0.416 e. The molecule has 0 saturated heterocycles. The number of hydrogen-bond donors (Lipinski definition) is 5. The number of halogens is 4. The third kappa shape index (κ3) is 7.32. The zero-order chi connectivity index (χ0) is 23.9. The van der Waals surface area contributed by atoms with Crippen LogP contribution in [0.4, 0.5) is 39.8 Å². The minimum atomic E-state index is -4.59. The van der Waals surface area contributed by atoms with Crippen LogP contribution in [0, 0.1) is 10.1 Å². The molecule has 0 aliphatic carbocycles. The van der Waals surface area contributed by atoms with E-state index in [2.05, 4.69) is 16.0 Å². The number of benzene rings is 2. The molecule has 11 nitrogen and oxygen atoms in total. The highest BCUT2D eigenvalue weighted by atomic mass is 35.5. The van der Waals surface area contributed by atoms with Gasteiger partial charge in [0, 0.05) is 17.4 Å². The molecule has 0 saturated carbocycles. The Hall–Kier alpha value is -4.07. The van der Waals surface area contributed by atoms with Crippen LogP contribution in [-0.2, 0) is 11.0 Å². The molecule has 0 fully saturated rings. The lowest BCUT2D eigenvalue weighted by Crippen LogP contribution is -2.48. The van der Waals surface area contributed by atoms with E-state index in [1.165, 1.54) is 18.2 Å². The van der Waals surface area contributed by atoms with Crippen molar-refractivity contribution in [3.8, 4) is 0 Å². The number of alkyl halides is 3. The Kier molecular flexibility index (Phi) is 7.79. The number of carbonyl (C=O) groups excluding carboxylic acids is 3. The maximum absolute atomic E-state index is 12.7. The minimum Gasteiger partial charge on any atom is -0.329 e.